The Balaban J connectivity index is 2.74. The van der Waals surface area contributed by atoms with Gasteiger partial charge in [0.25, 0.3) is 5.91 Å². The number of hydrogen-bond acceptors (Lipinski definition) is 2. The van der Waals surface area contributed by atoms with Crippen molar-refractivity contribution >= 4 is 5.91 Å². The van der Waals surface area contributed by atoms with Gasteiger partial charge >= 0.3 is 0 Å². The minimum atomic E-state index is -0.168. The van der Waals surface area contributed by atoms with E-state index in [1.165, 1.54) is 0 Å². The van der Waals surface area contributed by atoms with Gasteiger partial charge in [-0.15, -0.1) is 0 Å². The second kappa shape index (κ2) is 6.55. The van der Waals surface area contributed by atoms with Crippen molar-refractivity contribution in [2.45, 2.75) is 40.2 Å². The van der Waals surface area contributed by atoms with Crippen molar-refractivity contribution in [2.24, 2.45) is 5.92 Å². The zero-order valence-electron chi connectivity index (χ0n) is 11.7. The van der Waals surface area contributed by atoms with E-state index < -0.39 is 0 Å². The maximum atomic E-state index is 12.1. The maximum Gasteiger partial charge on any atom is 0.251 e. The van der Waals surface area contributed by atoms with Gasteiger partial charge in [0, 0.05) is 5.56 Å². The van der Waals surface area contributed by atoms with Crippen LogP contribution in [-0.4, -0.2) is 23.7 Å². The summed E-state index contributed by atoms with van der Waals surface area (Å²) in [6.07, 6.45) is 0.785. The van der Waals surface area contributed by atoms with E-state index in [-0.39, 0.29) is 18.6 Å². The molecule has 0 aromatic heterocycles. The first kappa shape index (κ1) is 14.7. The lowest BCUT2D eigenvalue weighted by Crippen LogP contribution is -2.38. The highest BCUT2D eigenvalue weighted by Crippen LogP contribution is 2.10. The van der Waals surface area contributed by atoms with Crippen molar-refractivity contribution in [3.8, 4) is 0 Å². The van der Waals surface area contributed by atoms with E-state index in [1.54, 1.807) is 0 Å². The van der Waals surface area contributed by atoms with E-state index in [2.05, 4.69) is 19.2 Å². The van der Waals surface area contributed by atoms with Crippen LogP contribution in [0, 0.1) is 19.8 Å². The molecule has 1 unspecified atom stereocenters. The van der Waals surface area contributed by atoms with Crippen LogP contribution in [0.4, 0.5) is 0 Å². The number of amides is 1. The van der Waals surface area contributed by atoms with Crippen LogP contribution >= 0.6 is 0 Å². The smallest absolute Gasteiger partial charge is 0.251 e. The molecule has 18 heavy (non-hydrogen) atoms. The lowest BCUT2D eigenvalue weighted by molar-refractivity contribution is 0.0908. The highest BCUT2D eigenvalue weighted by Gasteiger charge is 2.14. The molecule has 0 saturated heterocycles. The van der Waals surface area contributed by atoms with Gasteiger partial charge in [-0.1, -0.05) is 31.0 Å². The third-order valence-electron chi connectivity index (χ3n) is 2.80. The van der Waals surface area contributed by atoms with Crippen LogP contribution < -0.4 is 5.32 Å². The second-order valence-corrected chi connectivity index (χ2v) is 5.36. The number of hydrogen-bond donors (Lipinski definition) is 2. The van der Waals surface area contributed by atoms with E-state index in [0.29, 0.717) is 11.5 Å². The van der Waals surface area contributed by atoms with Crippen LogP contribution in [0.15, 0.2) is 18.2 Å². The molecule has 0 heterocycles. The van der Waals surface area contributed by atoms with E-state index in [1.807, 2.05) is 32.0 Å². The fourth-order valence-electron chi connectivity index (χ4n) is 2.12. The monoisotopic (exact) mass is 249 g/mol. The number of aliphatic hydroxyl groups is 1. The first-order valence-corrected chi connectivity index (χ1v) is 6.42. The van der Waals surface area contributed by atoms with Gasteiger partial charge in [0.2, 0.25) is 0 Å². The molecule has 1 atom stereocenters. The van der Waals surface area contributed by atoms with E-state index in [4.69, 9.17) is 0 Å². The van der Waals surface area contributed by atoms with E-state index in [0.717, 1.165) is 17.5 Å². The molecule has 0 radical (unpaired) electrons. The zero-order chi connectivity index (χ0) is 13.7. The summed E-state index contributed by atoms with van der Waals surface area (Å²) in [4.78, 5) is 12.1. The molecule has 1 amide bonds. The largest absolute Gasteiger partial charge is 0.394 e. The fraction of sp³-hybridized carbons (Fsp3) is 0.533. The molecule has 1 rings (SSSR count). The molecule has 0 fully saturated rings. The van der Waals surface area contributed by atoms with Gasteiger partial charge in [0.1, 0.15) is 0 Å². The fourth-order valence-corrected chi connectivity index (χ4v) is 2.12. The third-order valence-corrected chi connectivity index (χ3v) is 2.80. The predicted octanol–water partition coefficient (Wildman–Crippen LogP) is 2.44. The van der Waals surface area contributed by atoms with Gasteiger partial charge < -0.3 is 10.4 Å². The molecule has 0 aliphatic rings. The average Bonchev–Trinajstić information content (AvgIpc) is 2.26. The molecule has 0 bridgehead atoms. The predicted molar refractivity (Wildman–Crippen MR) is 73.7 cm³/mol. The molecule has 1 aromatic rings. The Kier molecular flexibility index (Phi) is 5.35. The van der Waals surface area contributed by atoms with Crippen molar-refractivity contribution in [1.82, 2.24) is 5.32 Å². The zero-order valence-corrected chi connectivity index (χ0v) is 11.7. The van der Waals surface area contributed by atoms with E-state index >= 15 is 0 Å². The summed E-state index contributed by atoms with van der Waals surface area (Å²) in [7, 11) is 0. The number of aliphatic hydroxyl groups excluding tert-OH is 1. The van der Waals surface area contributed by atoms with Crippen molar-refractivity contribution in [2.75, 3.05) is 6.61 Å². The second-order valence-electron chi connectivity index (χ2n) is 5.36. The molecule has 1 aromatic carbocycles. The molecule has 0 aliphatic carbocycles. The molecule has 0 saturated carbocycles. The van der Waals surface area contributed by atoms with Gasteiger partial charge in [0.15, 0.2) is 0 Å². The van der Waals surface area contributed by atoms with Crippen molar-refractivity contribution in [3.63, 3.8) is 0 Å². The van der Waals surface area contributed by atoms with Crippen LogP contribution in [0.1, 0.15) is 41.8 Å². The Morgan fingerprint density at radius 3 is 2.22 bits per heavy atom. The molecule has 3 heteroatoms. The Hall–Kier alpha value is -1.35. The number of nitrogens with one attached hydrogen (secondary N) is 1. The minimum Gasteiger partial charge on any atom is -0.394 e. The van der Waals surface area contributed by atoms with Gasteiger partial charge in [-0.05, 0) is 38.3 Å². The maximum absolute atomic E-state index is 12.1. The Morgan fingerprint density at radius 2 is 1.78 bits per heavy atom. The lowest BCUT2D eigenvalue weighted by atomic mass is 10.0. The van der Waals surface area contributed by atoms with Crippen molar-refractivity contribution < 1.29 is 9.90 Å². The summed E-state index contributed by atoms with van der Waals surface area (Å²) in [5.74, 6) is 0.336. The van der Waals surface area contributed by atoms with Gasteiger partial charge in [0.05, 0.1) is 12.6 Å². The number of rotatable bonds is 5. The number of carbonyl (C=O) groups excluding carboxylic acids is 1. The summed E-state index contributed by atoms with van der Waals surface area (Å²) in [5.41, 5.74) is 2.81. The SMILES string of the molecule is Cc1cc(C)cc(C(=O)NC(CO)CC(C)C)c1. The Labute approximate surface area is 109 Å². The van der Waals surface area contributed by atoms with Gasteiger partial charge in [-0.3, -0.25) is 4.79 Å². The third kappa shape index (κ3) is 4.49. The topological polar surface area (TPSA) is 49.3 Å². The normalized spacial score (nSPS) is 12.6. The summed E-state index contributed by atoms with van der Waals surface area (Å²) < 4.78 is 0. The van der Waals surface area contributed by atoms with E-state index in [9.17, 15) is 9.90 Å². The molecule has 0 spiro atoms. The molecular formula is C15H23NO2. The first-order valence-electron chi connectivity index (χ1n) is 6.42. The van der Waals surface area contributed by atoms with Crippen LogP contribution in [-0.2, 0) is 0 Å². The molecule has 100 valence electrons. The Morgan fingerprint density at radius 1 is 1.22 bits per heavy atom. The highest BCUT2D eigenvalue weighted by atomic mass is 16.3. The molecule has 2 N–H and O–H groups in total. The van der Waals surface area contributed by atoms with Gasteiger partial charge in [-0.2, -0.15) is 0 Å². The van der Waals surface area contributed by atoms with Crippen LogP contribution in [0.3, 0.4) is 0 Å². The molecule has 3 nitrogen and oxygen atoms in total. The highest BCUT2D eigenvalue weighted by molar-refractivity contribution is 5.94. The minimum absolute atomic E-state index is 0.0191. The average molecular weight is 249 g/mol. The summed E-state index contributed by atoms with van der Waals surface area (Å²) in [6.45, 7) is 8.08. The van der Waals surface area contributed by atoms with Crippen LogP contribution in [0.5, 0.6) is 0 Å². The van der Waals surface area contributed by atoms with Crippen molar-refractivity contribution in [1.29, 1.82) is 0 Å². The number of benzene rings is 1. The first-order chi connectivity index (χ1) is 8.42. The molecular weight excluding hydrogens is 226 g/mol. The van der Waals surface area contributed by atoms with Crippen LogP contribution in [0.25, 0.3) is 0 Å². The molecule has 0 aliphatic heterocycles. The van der Waals surface area contributed by atoms with Gasteiger partial charge in [-0.25, -0.2) is 0 Å². The van der Waals surface area contributed by atoms with Crippen LogP contribution in [0.2, 0.25) is 0 Å². The number of aryl methyl sites for hydroxylation is 2. The number of carbonyl (C=O) groups is 1. The quantitative estimate of drug-likeness (QED) is 0.842. The van der Waals surface area contributed by atoms with Crippen molar-refractivity contribution in [3.05, 3.63) is 34.9 Å². The summed E-state index contributed by atoms with van der Waals surface area (Å²) >= 11 is 0. The summed E-state index contributed by atoms with van der Waals surface area (Å²) in [5, 5.41) is 12.1. The summed E-state index contributed by atoms with van der Waals surface area (Å²) in [6, 6.07) is 5.60. The Bertz CT molecular complexity index is 393. The standard InChI is InChI=1S/C15H23NO2/c1-10(2)5-14(9-17)16-15(18)13-7-11(3)6-12(4)8-13/h6-8,10,14,17H,5,9H2,1-4H3,(H,16,18). The lowest BCUT2D eigenvalue weighted by Gasteiger charge is -2.18.